The summed E-state index contributed by atoms with van der Waals surface area (Å²) in [5, 5.41) is 0.664. The average Bonchev–Trinajstić information content (AvgIpc) is 2.54. The van der Waals surface area contributed by atoms with Crippen molar-refractivity contribution in [3.63, 3.8) is 0 Å². The van der Waals surface area contributed by atoms with E-state index in [1.807, 2.05) is 34.9 Å². The summed E-state index contributed by atoms with van der Waals surface area (Å²) in [4.78, 5) is 13.0. The smallest absolute Gasteiger partial charge is 0.258 e. The fraction of sp³-hybridized carbons (Fsp3) is 0.421. The molecule has 1 aromatic heterocycles. The van der Waals surface area contributed by atoms with Crippen LogP contribution in [-0.2, 0) is 6.54 Å². The van der Waals surface area contributed by atoms with E-state index in [-0.39, 0.29) is 5.56 Å². The number of fused-ring (bicyclic) bond motifs is 1. The Bertz CT molecular complexity index is 734. The lowest BCUT2D eigenvalue weighted by atomic mass is 9.84. The molecule has 2 nitrogen and oxygen atoms in total. The van der Waals surface area contributed by atoms with Crippen molar-refractivity contribution in [1.82, 2.24) is 4.57 Å². The molecule has 0 aliphatic carbocycles. The van der Waals surface area contributed by atoms with Gasteiger partial charge in [-0.25, -0.2) is 0 Å². The standard InChI is InChI=1S/C19H22ClNO/c1-3-13-10-14(4-2)18-9-8-17(19(22)21(18)12-13)15-6-5-7-16(20)11-15/h5-9,11,13-14H,3-4,10,12H2,1-2H3. The Morgan fingerprint density at radius 3 is 2.68 bits per heavy atom. The highest BCUT2D eigenvalue weighted by molar-refractivity contribution is 6.30. The van der Waals surface area contributed by atoms with Crippen molar-refractivity contribution in [3.8, 4) is 11.1 Å². The second-order valence-electron chi connectivity index (χ2n) is 6.21. The van der Waals surface area contributed by atoms with Gasteiger partial charge in [-0.2, -0.15) is 0 Å². The molecule has 0 radical (unpaired) electrons. The van der Waals surface area contributed by atoms with E-state index in [2.05, 4.69) is 19.9 Å². The van der Waals surface area contributed by atoms with Gasteiger partial charge in [-0.1, -0.05) is 44.0 Å². The molecule has 3 rings (SSSR count). The summed E-state index contributed by atoms with van der Waals surface area (Å²) in [7, 11) is 0. The molecule has 0 spiro atoms. The molecule has 0 bridgehead atoms. The summed E-state index contributed by atoms with van der Waals surface area (Å²) >= 11 is 6.07. The lowest BCUT2D eigenvalue weighted by molar-refractivity contribution is 0.306. The Balaban J connectivity index is 2.12. The molecule has 1 aliphatic rings. The number of halogens is 1. The SMILES string of the molecule is CCC1CC(CC)c2ccc(-c3cccc(Cl)c3)c(=O)n2C1. The normalized spacial score (nSPS) is 20.7. The van der Waals surface area contributed by atoms with Crippen LogP contribution in [0.5, 0.6) is 0 Å². The predicted molar refractivity (Wildman–Crippen MR) is 92.6 cm³/mol. The van der Waals surface area contributed by atoms with Crippen LogP contribution in [0.25, 0.3) is 11.1 Å². The van der Waals surface area contributed by atoms with Gasteiger partial charge in [0.2, 0.25) is 0 Å². The molecule has 1 aliphatic heterocycles. The highest BCUT2D eigenvalue weighted by Gasteiger charge is 2.26. The Kier molecular flexibility index (Phi) is 4.39. The van der Waals surface area contributed by atoms with Crippen LogP contribution >= 0.6 is 11.6 Å². The maximum absolute atomic E-state index is 13.0. The Labute approximate surface area is 136 Å². The van der Waals surface area contributed by atoms with Crippen LogP contribution < -0.4 is 5.56 Å². The quantitative estimate of drug-likeness (QED) is 0.773. The highest BCUT2D eigenvalue weighted by Crippen LogP contribution is 2.34. The van der Waals surface area contributed by atoms with Gasteiger partial charge >= 0.3 is 0 Å². The van der Waals surface area contributed by atoms with Gasteiger partial charge in [0.25, 0.3) is 5.56 Å². The second-order valence-corrected chi connectivity index (χ2v) is 6.65. The van der Waals surface area contributed by atoms with Gasteiger partial charge in [0, 0.05) is 22.8 Å². The number of hydrogen-bond donors (Lipinski definition) is 0. The predicted octanol–water partition coefficient (Wildman–Crippen LogP) is 5.09. The first-order valence-electron chi connectivity index (χ1n) is 8.13. The maximum atomic E-state index is 13.0. The van der Waals surface area contributed by atoms with E-state index in [0.29, 0.717) is 16.9 Å². The molecule has 22 heavy (non-hydrogen) atoms. The van der Waals surface area contributed by atoms with E-state index in [0.717, 1.165) is 30.5 Å². The molecule has 2 heterocycles. The van der Waals surface area contributed by atoms with Crippen LogP contribution in [-0.4, -0.2) is 4.57 Å². The molecule has 116 valence electrons. The van der Waals surface area contributed by atoms with Gasteiger partial charge in [0.05, 0.1) is 0 Å². The van der Waals surface area contributed by atoms with Crippen molar-refractivity contribution >= 4 is 11.6 Å². The zero-order valence-corrected chi connectivity index (χ0v) is 13.9. The van der Waals surface area contributed by atoms with Gasteiger partial charge in [0.1, 0.15) is 0 Å². The molecule has 2 unspecified atom stereocenters. The van der Waals surface area contributed by atoms with Crippen molar-refractivity contribution in [1.29, 1.82) is 0 Å². The number of benzene rings is 1. The molecule has 1 aromatic carbocycles. The topological polar surface area (TPSA) is 22.0 Å². The Morgan fingerprint density at radius 1 is 1.18 bits per heavy atom. The molecule has 3 heteroatoms. The third-order valence-electron chi connectivity index (χ3n) is 4.89. The first-order chi connectivity index (χ1) is 10.6. The number of rotatable bonds is 3. The summed E-state index contributed by atoms with van der Waals surface area (Å²) in [6.07, 6.45) is 3.42. The summed E-state index contributed by atoms with van der Waals surface area (Å²) in [6.45, 7) is 5.27. The van der Waals surface area contributed by atoms with Crippen LogP contribution in [0.2, 0.25) is 5.02 Å². The number of aromatic nitrogens is 1. The lowest BCUT2D eigenvalue weighted by Crippen LogP contribution is -2.33. The summed E-state index contributed by atoms with van der Waals surface area (Å²) < 4.78 is 2.00. The van der Waals surface area contributed by atoms with E-state index in [1.165, 1.54) is 12.1 Å². The minimum Gasteiger partial charge on any atom is -0.312 e. The molecule has 2 atom stereocenters. The average molecular weight is 316 g/mol. The summed E-state index contributed by atoms with van der Waals surface area (Å²) in [5.41, 5.74) is 2.97. The molecular formula is C19H22ClNO. The minimum absolute atomic E-state index is 0.122. The minimum atomic E-state index is 0.122. The van der Waals surface area contributed by atoms with Gasteiger partial charge in [-0.3, -0.25) is 4.79 Å². The van der Waals surface area contributed by atoms with Crippen LogP contribution in [0, 0.1) is 5.92 Å². The summed E-state index contributed by atoms with van der Waals surface area (Å²) in [6, 6.07) is 11.6. The fourth-order valence-electron chi connectivity index (χ4n) is 3.54. The van der Waals surface area contributed by atoms with Gasteiger partial charge in [0.15, 0.2) is 0 Å². The zero-order valence-electron chi connectivity index (χ0n) is 13.2. The first kappa shape index (κ1) is 15.4. The second kappa shape index (κ2) is 6.29. The summed E-state index contributed by atoms with van der Waals surface area (Å²) in [5.74, 6) is 1.10. The molecule has 0 N–H and O–H groups in total. The lowest BCUT2D eigenvalue weighted by Gasteiger charge is -2.32. The molecule has 0 amide bonds. The molecule has 0 saturated heterocycles. The Morgan fingerprint density at radius 2 is 2.00 bits per heavy atom. The van der Waals surface area contributed by atoms with Gasteiger partial charge in [-0.15, -0.1) is 0 Å². The number of nitrogens with zero attached hydrogens (tertiary/aromatic N) is 1. The van der Waals surface area contributed by atoms with Crippen molar-refractivity contribution in [2.75, 3.05) is 0 Å². The maximum Gasteiger partial charge on any atom is 0.258 e. The van der Waals surface area contributed by atoms with Crippen LogP contribution in [0.15, 0.2) is 41.2 Å². The van der Waals surface area contributed by atoms with Crippen molar-refractivity contribution in [3.05, 3.63) is 57.5 Å². The van der Waals surface area contributed by atoms with Crippen LogP contribution in [0.1, 0.15) is 44.7 Å². The van der Waals surface area contributed by atoms with Crippen molar-refractivity contribution in [2.45, 2.75) is 45.6 Å². The van der Waals surface area contributed by atoms with E-state index in [4.69, 9.17) is 11.6 Å². The molecular weight excluding hydrogens is 294 g/mol. The van der Waals surface area contributed by atoms with E-state index in [9.17, 15) is 4.79 Å². The van der Waals surface area contributed by atoms with Crippen molar-refractivity contribution < 1.29 is 0 Å². The largest absolute Gasteiger partial charge is 0.312 e. The van der Waals surface area contributed by atoms with Crippen molar-refractivity contribution in [2.24, 2.45) is 5.92 Å². The zero-order chi connectivity index (χ0) is 15.7. The van der Waals surface area contributed by atoms with Crippen LogP contribution in [0.3, 0.4) is 0 Å². The number of hydrogen-bond acceptors (Lipinski definition) is 1. The third kappa shape index (κ3) is 2.72. The molecule has 2 aromatic rings. The first-order valence-corrected chi connectivity index (χ1v) is 8.51. The molecule has 0 fully saturated rings. The van der Waals surface area contributed by atoms with E-state index in [1.54, 1.807) is 0 Å². The fourth-order valence-corrected chi connectivity index (χ4v) is 3.73. The highest BCUT2D eigenvalue weighted by atomic mass is 35.5. The monoisotopic (exact) mass is 315 g/mol. The van der Waals surface area contributed by atoms with Gasteiger partial charge in [-0.05, 0) is 54.5 Å². The third-order valence-corrected chi connectivity index (χ3v) is 5.13. The molecule has 0 saturated carbocycles. The van der Waals surface area contributed by atoms with E-state index < -0.39 is 0 Å². The van der Waals surface area contributed by atoms with E-state index >= 15 is 0 Å². The van der Waals surface area contributed by atoms with Crippen LogP contribution in [0.4, 0.5) is 0 Å². The number of pyridine rings is 1. The Hall–Kier alpha value is -1.54. The van der Waals surface area contributed by atoms with Gasteiger partial charge < -0.3 is 4.57 Å².